The first kappa shape index (κ1) is 17.0. The standard InChI is InChI=1S/C15H29N3O2/c1-4-12(2)15(20)18-10-5-7-13(11-18)14(19)17-9-6-8-16-3/h12-13,16H,4-11H2,1-3H3,(H,17,19). The fourth-order valence-electron chi connectivity index (χ4n) is 2.50. The third kappa shape index (κ3) is 5.12. The van der Waals surface area contributed by atoms with Crippen molar-refractivity contribution in [3.8, 4) is 0 Å². The number of hydrogen-bond acceptors (Lipinski definition) is 3. The van der Waals surface area contributed by atoms with E-state index in [4.69, 9.17) is 0 Å². The minimum Gasteiger partial charge on any atom is -0.356 e. The van der Waals surface area contributed by atoms with Gasteiger partial charge in [-0.15, -0.1) is 0 Å². The molecule has 5 heteroatoms. The van der Waals surface area contributed by atoms with E-state index in [0.29, 0.717) is 13.1 Å². The van der Waals surface area contributed by atoms with Gasteiger partial charge in [0.2, 0.25) is 11.8 Å². The Bertz CT molecular complexity index is 320. The monoisotopic (exact) mass is 283 g/mol. The average molecular weight is 283 g/mol. The number of rotatable bonds is 7. The van der Waals surface area contributed by atoms with Crippen LogP contribution in [0, 0.1) is 11.8 Å². The lowest BCUT2D eigenvalue weighted by atomic mass is 9.95. The van der Waals surface area contributed by atoms with Crippen molar-refractivity contribution in [2.75, 3.05) is 33.2 Å². The number of carbonyl (C=O) groups excluding carboxylic acids is 2. The Hall–Kier alpha value is -1.10. The van der Waals surface area contributed by atoms with Crippen molar-refractivity contribution in [1.82, 2.24) is 15.5 Å². The van der Waals surface area contributed by atoms with Gasteiger partial charge in [0.05, 0.1) is 5.92 Å². The predicted octanol–water partition coefficient (Wildman–Crippen LogP) is 0.997. The van der Waals surface area contributed by atoms with Crippen molar-refractivity contribution in [2.45, 2.75) is 39.5 Å². The van der Waals surface area contributed by atoms with Crippen LogP contribution in [0.4, 0.5) is 0 Å². The van der Waals surface area contributed by atoms with Gasteiger partial charge >= 0.3 is 0 Å². The number of carbonyl (C=O) groups is 2. The molecule has 0 aromatic rings. The van der Waals surface area contributed by atoms with Gasteiger partial charge in [-0.3, -0.25) is 9.59 Å². The largest absolute Gasteiger partial charge is 0.356 e. The maximum atomic E-state index is 12.2. The van der Waals surface area contributed by atoms with Gasteiger partial charge in [0.1, 0.15) is 0 Å². The molecule has 1 fully saturated rings. The van der Waals surface area contributed by atoms with Crippen molar-refractivity contribution in [3.63, 3.8) is 0 Å². The number of piperidine rings is 1. The third-order valence-corrected chi connectivity index (χ3v) is 4.04. The normalized spacial score (nSPS) is 20.6. The van der Waals surface area contributed by atoms with Gasteiger partial charge in [-0.05, 0) is 39.3 Å². The lowest BCUT2D eigenvalue weighted by Crippen LogP contribution is -2.47. The van der Waals surface area contributed by atoms with Crippen LogP contribution in [-0.2, 0) is 9.59 Å². The van der Waals surface area contributed by atoms with Gasteiger partial charge in [-0.1, -0.05) is 13.8 Å². The van der Waals surface area contributed by atoms with Crippen LogP contribution in [-0.4, -0.2) is 49.9 Å². The summed E-state index contributed by atoms with van der Waals surface area (Å²) in [5, 5.41) is 6.03. The summed E-state index contributed by atoms with van der Waals surface area (Å²) in [4.78, 5) is 26.2. The summed E-state index contributed by atoms with van der Waals surface area (Å²) < 4.78 is 0. The molecule has 2 N–H and O–H groups in total. The zero-order valence-corrected chi connectivity index (χ0v) is 13.1. The minimum absolute atomic E-state index is 0.0358. The number of likely N-dealkylation sites (tertiary alicyclic amines) is 1. The summed E-state index contributed by atoms with van der Waals surface area (Å²) >= 11 is 0. The molecule has 0 aromatic heterocycles. The van der Waals surface area contributed by atoms with E-state index in [1.807, 2.05) is 25.8 Å². The van der Waals surface area contributed by atoms with Gasteiger partial charge in [-0.2, -0.15) is 0 Å². The summed E-state index contributed by atoms with van der Waals surface area (Å²) in [6, 6.07) is 0. The van der Waals surface area contributed by atoms with Crippen molar-refractivity contribution in [2.24, 2.45) is 11.8 Å². The highest BCUT2D eigenvalue weighted by Crippen LogP contribution is 2.19. The maximum Gasteiger partial charge on any atom is 0.225 e. The van der Waals surface area contributed by atoms with Crippen LogP contribution >= 0.6 is 0 Å². The highest BCUT2D eigenvalue weighted by Gasteiger charge is 2.29. The average Bonchev–Trinajstić information content (AvgIpc) is 2.49. The SMILES string of the molecule is CCC(C)C(=O)N1CCCC(C(=O)NCCCNC)C1. The van der Waals surface area contributed by atoms with Crippen molar-refractivity contribution in [1.29, 1.82) is 0 Å². The number of amides is 2. The zero-order valence-electron chi connectivity index (χ0n) is 13.1. The molecule has 0 saturated carbocycles. The molecule has 1 rings (SSSR count). The fourth-order valence-corrected chi connectivity index (χ4v) is 2.50. The Morgan fingerprint density at radius 1 is 1.35 bits per heavy atom. The van der Waals surface area contributed by atoms with E-state index in [1.165, 1.54) is 0 Å². The minimum atomic E-state index is -0.0358. The molecule has 0 spiro atoms. The Morgan fingerprint density at radius 3 is 2.75 bits per heavy atom. The van der Waals surface area contributed by atoms with E-state index in [2.05, 4.69) is 10.6 Å². The molecule has 0 bridgehead atoms. The van der Waals surface area contributed by atoms with Crippen molar-refractivity contribution in [3.05, 3.63) is 0 Å². The molecule has 1 aliphatic rings. The fraction of sp³-hybridized carbons (Fsp3) is 0.867. The molecule has 1 heterocycles. The van der Waals surface area contributed by atoms with Crippen LogP contribution in [0.3, 0.4) is 0 Å². The van der Waals surface area contributed by atoms with Crippen LogP contribution in [0.5, 0.6) is 0 Å². The van der Waals surface area contributed by atoms with Gasteiger partial charge in [-0.25, -0.2) is 0 Å². The number of nitrogens with one attached hydrogen (secondary N) is 2. The molecule has 2 unspecified atom stereocenters. The lowest BCUT2D eigenvalue weighted by Gasteiger charge is -2.33. The smallest absolute Gasteiger partial charge is 0.225 e. The first-order valence-electron chi connectivity index (χ1n) is 7.81. The predicted molar refractivity (Wildman–Crippen MR) is 80.3 cm³/mol. The summed E-state index contributed by atoms with van der Waals surface area (Å²) in [6.07, 6.45) is 3.61. The van der Waals surface area contributed by atoms with E-state index in [-0.39, 0.29) is 23.7 Å². The van der Waals surface area contributed by atoms with E-state index < -0.39 is 0 Å². The maximum absolute atomic E-state index is 12.2. The van der Waals surface area contributed by atoms with Gasteiger partial charge < -0.3 is 15.5 Å². The van der Waals surface area contributed by atoms with Gasteiger partial charge in [0.15, 0.2) is 0 Å². The molecule has 0 radical (unpaired) electrons. The molecular formula is C15H29N3O2. The van der Waals surface area contributed by atoms with E-state index in [9.17, 15) is 9.59 Å². The highest BCUT2D eigenvalue weighted by molar-refractivity contribution is 5.82. The van der Waals surface area contributed by atoms with Crippen molar-refractivity contribution < 1.29 is 9.59 Å². The van der Waals surface area contributed by atoms with Gasteiger partial charge in [0, 0.05) is 25.6 Å². The Balaban J connectivity index is 2.39. The van der Waals surface area contributed by atoms with Crippen LogP contribution in [0.25, 0.3) is 0 Å². The second-order valence-corrected chi connectivity index (χ2v) is 5.68. The first-order valence-corrected chi connectivity index (χ1v) is 7.81. The number of nitrogens with zero attached hydrogens (tertiary/aromatic N) is 1. The topological polar surface area (TPSA) is 61.4 Å². The van der Waals surface area contributed by atoms with Gasteiger partial charge in [0.25, 0.3) is 0 Å². The number of hydrogen-bond donors (Lipinski definition) is 2. The van der Waals surface area contributed by atoms with Crippen LogP contribution in [0.1, 0.15) is 39.5 Å². The van der Waals surface area contributed by atoms with E-state index >= 15 is 0 Å². The third-order valence-electron chi connectivity index (χ3n) is 4.04. The summed E-state index contributed by atoms with van der Waals surface area (Å²) in [5.41, 5.74) is 0. The highest BCUT2D eigenvalue weighted by atomic mass is 16.2. The molecular weight excluding hydrogens is 254 g/mol. The Morgan fingerprint density at radius 2 is 2.10 bits per heavy atom. The first-order chi connectivity index (χ1) is 9.60. The molecule has 20 heavy (non-hydrogen) atoms. The quantitative estimate of drug-likeness (QED) is 0.685. The van der Waals surface area contributed by atoms with Crippen molar-refractivity contribution >= 4 is 11.8 Å². The molecule has 1 saturated heterocycles. The summed E-state index contributed by atoms with van der Waals surface area (Å²) in [5.74, 6) is 0.321. The van der Waals surface area contributed by atoms with E-state index in [1.54, 1.807) is 0 Å². The Kier molecular flexibility index (Phi) is 7.59. The molecule has 1 aliphatic heterocycles. The summed E-state index contributed by atoms with van der Waals surface area (Å²) in [7, 11) is 1.90. The molecule has 0 aliphatic carbocycles. The molecule has 0 aromatic carbocycles. The second kappa shape index (κ2) is 8.95. The summed E-state index contributed by atoms with van der Waals surface area (Å²) in [6.45, 7) is 6.98. The Labute approximate surface area is 122 Å². The second-order valence-electron chi connectivity index (χ2n) is 5.68. The molecule has 2 atom stereocenters. The zero-order chi connectivity index (χ0) is 15.0. The van der Waals surface area contributed by atoms with E-state index in [0.717, 1.165) is 38.8 Å². The van der Waals surface area contributed by atoms with Crippen LogP contribution < -0.4 is 10.6 Å². The molecule has 5 nitrogen and oxygen atoms in total. The molecule has 116 valence electrons. The lowest BCUT2D eigenvalue weighted by molar-refractivity contribution is -0.138. The van der Waals surface area contributed by atoms with Crippen LogP contribution in [0.15, 0.2) is 0 Å². The molecule has 2 amide bonds. The van der Waals surface area contributed by atoms with Crippen LogP contribution in [0.2, 0.25) is 0 Å².